The largest absolute Gasteiger partial charge is 0.508 e. The van der Waals surface area contributed by atoms with E-state index in [0.29, 0.717) is 5.75 Å². The van der Waals surface area contributed by atoms with Gasteiger partial charge in [-0.3, -0.25) is 4.79 Å². The maximum Gasteiger partial charge on any atom is 0.195 e. The number of carbonyl (C=O) groups is 1. The van der Waals surface area contributed by atoms with Gasteiger partial charge in [-0.2, -0.15) is 0 Å². The summed E-state index contributed by atoms with van der Waals surface area (Å²) in [5.74, 6) is 0.591. The summed E-state index contributed by atoms with van der Waals surface area (Å²) in [6.07, 6.45) is 0. The molecule has 1 N–H and O–H groups in total. The van der Waals surface area contributed by atoms with Crippen molar-refractivity contribution in [3.05, 3.63) is 24.3 Å². The van der Waals surface area contributed by atoms with E-state index in [2.05, 4.69) is 4.74 Å². The molecule has 0 atom stereocenters. The average Bonchev–Trinajstić information content (AvgIpc) is 2.17. The minimum atomic E-state index is -0.124. The number of ether oxygens (including phenoxy) is 2. The van der Waals surface area contributed by atoms with E-state index in [0.717, 1.165) is 0 Å². The SMILES string of the molecule is COCC(=O)COc1ccc(O)cc1. The Bertz CT molecular complexity index is 291. The van der Waals surface area contributed by atoms with Crippen molar-refractivity contribution in [2.45, 2.75) is 0 Å². The summed E-state index contributed by atoms with van der Waals surface area (Å²) in [7, 11) is 1.46. The van der Waals surface area contributed by atoms with Crippen molar-refractivity contribution in [1.29, 1.82) is 0 Å². The Morgan fingerprint density at radius 1 is 1.29 bits per heavy atom. The van der Waals surface area contributed by atoms with Crippen LogP contribution in [0.3, 0.4) is 0 Å². The molecule has 1 aromatic rings. The van der Waals surface area contributed by atoms with Crippen LogP contribution in [0.25, 0.3) is 0 Å². The van der Waals surface area contributed by atoms with Gasteiger partial charge in [0.1, 0.15) is 24.7 Å². The second-order valence-electron chi connectivity index (χ2n) is 2.75. The molecule has 0 unspecified atom stereocenters. The van der Waals surface area contributed by atoms with Gasteiger partial charge in [0, 0.05) is 7.11 Å². The first-order valence-electron chi connectivity index (χ1n) is 4.15. The fourth-order valence-corrected chi connectivity index (χ4v) is 0.909. The van der Waals surface area contributed by atoms with Crippen LogP contribution in [-0.4, -0.2) is 31.2 Å². The lowest BCUT2D eigenvalue weighted by atomic mass is 10.3. The predicted molar refractivity (Wildman–Crippen MR) is 50.5 cm³/mol. The first kappa shape index (κ1) is 10.5. The Kier molecular flexibility index (Phi) is 3.94. The van der Waals surface area contributed by atoms with Crippen molar-refractivity contribution in [2.75, 3.05) is 20.3 Å². The molecule has 0 amide bonds. The molecule has 4 heteroatoms. The molecule has 0 aliphatic rings. The number of methoxy groups -OCH3 is 1. The van der Waals surface area contributed by atoms with Crippen LogP contribution in [-0.2, 0) is 9.53 Å². The fourth-order valence-electron chi connectivity index (χ4n) is 0.909. The van der Waals surface area contributed by atoms with Crippen LogP contribution in [0.2, 0.25) is 0 Å². The van der Waals surface area contributed by atoms with Crippen LogP contribution in [0.1, 0.15) is 0 Å². The van der Waals surface area contributed by atoms with E-state index in [1.54, 1.807) is 12.1 Å². The summed E-state index contributed by atoms with van der Waals surface area (Å²) in [5.41, 5.74) is 0. The molecule has 0 heterocycles. The van der Waals surface area contributed by atoms with Crippen LogP contribution in [0.5, 0.6) is 11.5 Å². The second-order valence-corrected chi connectivity index (χ2v) is 2.75. The van der Waals surface area contributed by atoms with Gasteiger partial charge in [-0.25, -0.2) is 0 Å². The van der Waals surface area contributed by atoms with E-state index < -0.39 is 0 Å². The number of carbonyl (C=O) groups excluding carboxylic acids is 1. The minimum absolute atomic E-state index is 0.0153. The van der Waals surface area contributed by atoms with Crippen LogP contribution in [0.15, 0.2) is 24.3 Å². The number of benzene rings is 1. The first-order chi connectivity index (χ1) is 6.72. The van der Waals surface area contributed by atoms with Gasteiger partial charge in [0.25, 0.3) is 0 Å². The quantitative estimate of drug-likeness (QED) is 0.762. The van der Waals surface area contributed by atoms with E-state index in [9.17, 15) is 4.79 Å². The summed E-state index contributed by atoms with van der Waals surface area (Å²) < 4.78 is 9.78. The molecule has 0 fully saturated rings. The van der Waals surface area contributed by atoms with E-state index >= 15 is 0 Å². The number of aromatic hydroxyl groups is 1. The number of phenolic OH excluding ortho intramolecular Hbond substituents is 1. The van der Waals surface area contributed by atoms with Crippen molar-refractivity contribution in [2.24, 2.45) is 0 Å². The Balaban J connectivity index is 2.38. The molecule has 0 aliphatic carbocycles. The molecule has 76 valence electrons. The summed E-state index contributed by atoms with van der Waals surface area (Å²) in [6, 6.07) is 6.18. The zero-order chi connectivity index (χ0) is 10.4. The van der Waals surface area contributed by atoms with Crippen LogP contribution in [0, 0.1) is 0 Å². The number of hydrogen-bond acceptors (Lipinski definition) is 4. The zero-order valence-electron chi connectivity index (χ0n) is 7.90. The smallest absolute Gasteiger partial charge is 0.195 e. The predicted octanol–water partition coefficient (Wildman–Crippen LogP) is 0.986. The summed E-state index contributed by atoms with van der Waals surface area (Å²) >= 11 is 0. The number of Topliss-reactive ketones (excluding diaryl/α,β-unsaturated/α-hetero) is 1. The highest BCUT2D eigenvalue weighted by molar-refractivity contribution is 5.81. The van der Waals surface area contributed by atoms with Crippen molar-refractivity contribution in [3.8, 4) is 11.5 Å². The normalized spacial score (nSPS) is 9.79. The molecule has 0 radical (unpaired) electrons. The number of phenols is 1. The standard InChI is InChI=1S/C10H12O4/c1-13-6-9(12)7-14-10-4-2-8(11)3-5-10/h2-5,11H,6-7H2,1H3. The van der Waals surface area contributed by atoms with E-state index in [1.165, 1.54) is 19.2 Å². The zero-order valence-corrected chi connectivity index (χ0v) is 7.90. The summed E-state index contributed by atoms with van der Waals surface area (Å²) in [4.78, 5) is 11.0. The Morgan fingerprint density at radius 2 is 1.93 bits per heavy atom. The average molecular weight is 196 g/mol. The van der Waals surface area contributed by atoms with Gasteiger partial charge in [-0.1, -0.05) is 0 Å². The molecule has 0 saturated heterocycles. The summed E-state index contributed by atoms with van der Waals surface area (Å²) in [5, 5.41) is 8.98. The monoisotopic (exact) mass is 196 g/mol. The van der Waals surface area contributed by atoms with Gasteiger partial charge in [-0.15, -0.1) is 0 Å². The molecular weight excluding hydrogens is 184 g/mol. The summed E-state index contributed by atoms with van der Waals surface area (Å²) in [6.45, 7) is 0.0384. The topological polar surface area (TPSA) is 55.8 Å². The van der Waals surface area contributed by atoms with Crippen molar-refractivity contribution >= 4 is 5.78 Å². The molecular formula is C10H12O4. The number of rotatable bonds is 5. The molecule has 0 bridgehead atoms. The fraction of sp³-hybridized carbons (Fsp3) is 0.300. The maximum absolute atomic E-state index is 11.0. The van der Waals surface area contributed by atoms with E-state index in [-0.39, 0.29) is 24.7 Å². The Labute approximate surface area is 82.1 Å². The molecule has 1 rings (SSSR count). The van der Waals surface area contributed by atoms with Crippen LogP contribution < -0.4 is 4.74 Å². The number of hydrogen-bond donors (Lipinski definition) is 1. The van der Waals surface area contributed by atoms with Crippen molar-refractivity contribution < 1.29 is 19.4 Å². The number of ketones is 1. The van der Waals surface area contributed by atoms with Gasteiger partial charge in [0.15, 0.2) is 5.78 Å². The molecule has 4 nitrogen and oxygen atoms in total. The van der Waals surface area contributed by atoms with Gasteiger partial charge in [-0.05, 0) is 24.3 Å². The third kappa shape index (κ3) is 3.45. The van der Waals surface area contributed by atoms with Gasteiger partial charge in [0.2, 0.25) is 0 Å². The third-order valence-electron chi connectivity index (χ3n) is 1.54. The molecule has 1 aromatic carbocycles. The molecule has 0 aliphatic heterocycles. The maximum atomic E-state index is 11.0. The van der Waals surface area contributed by atoms with Gasteiger partial charge < -0.3 is 14.6 Å². The molecule has 0 saturated carbocycles. The minimum Gasteiger partial charge on any atom is -0.508 e. The first-order valence-corrected chi connectivity index (χ1v) is 4.15. The highest BCUT2D eigenvalue weighted by Crippen LogP contribution is 2.15. The lowest BCUT2D eigenvalue weighted by molar-refractivity contribution is -0.124. The molecule has 0 aromatic heterocycles. The second kappa shape index (κ2) is 5.24. The molecule has 0 spiro atoms. The van der Waals surface area contributed by atoms with Crippen molar-refractivity contribution in [3.63, 3.8) is 0 Å². The highest BCUT2D eigenvalue weighted by atomic mass is 16.5. The third-order valence-corrected chi connectivity index (χ3v) is 1.54. The lowest BCUT2D eigenvalue weighted by Gasteiger charge is -2.04. The van der Waals surface area contributed by atoms with Crippen LogP contribution >= 0.6 is 0 Å². The van der Waals surface area contributed by atoms with Gasteiger partial charge >= 0.3 is 0 Å². The lowest BCUT2D eigenvalue weighted by Crippen LogP contribution is -2.16. The highest BCUT2D eigenvalue weighted by Gasteiger charge is 2.01. The van der Waals surface area contributed by atoms with Gasteiger partial charge in [0.05, 0.1) is 0 Å². The van der Waals surface area contributed by atoms with E-state index in [1.807, 2.05) is 0 Å². The van der Waals surface area contributed by atoms with E-state index in [4.69, 9.17) is 9.84 Å². The van der Waals surface area contributed by atoms with Crippen LogP contribution in [0.4, 0.5) is 0 Å². The Morgan fingerprint density at radius 3 is 2.50 bits per heavy atom. The Hall–Kier alpha value is -1.55. The molecule has 14 heavy (non-hydrogen) atoms. The van der Waals surface area contributed by atoms with Crippen molar-refractivity contribution in [1.82, 2.24) is 0 Å².